The zero-order valence-electron chi connectivity index (χ0n) is 14.5. The van der Waals surface area contributed by atoms with E-state index in [1.807, 2.05) is 0 Å². The van der Waals surface area contributed by atoms with E-state index in [0.29, 0.717) is 26.1 Å². The van der Waals surface area contributed by atoms with Gasteiger partial charge in [0.05, 0.1) is 6.26 Å². The van der Waals surface area contributed by atoms with Crippen LogP contribution in [0.25, 0.3) is 0 Å². The van der Waals surface area contributed by atoms with Crippen LogP contribution in [0, 0.1) is 0 Å². The highest BCUT2D eigenvalue weighted by Gasteiger charge is 2.28. The summed E-state index contributed by atoms with van der Waals surface area (Å²) in [6.45, 7) is 8.26. The minimum atomic E-state index is -3.25. The summed E-state index contributed by atoms with van der Waals surface area (Å²) < 4.78 is 29.6. The minimum Gasteiger partial charge on any atom is -0.444 e. The summed E-state index contributed by atoms with van der Waals surface area (Å²) >= 11 is 0. The normalized spacial score (nSPS) is 18.9. The second-order valence-electron chi connectivity index (χ2n) is 6.71. The van der Waals surface area contributed by atoms with E-state index in [1.165, 1.54) is 4.31 Å². The van der Waals surface area contributed by atoms with Crippen molar-refractivity contribution in [2.75, 3.05) is 32.4 Å². The van der Waals surface area contributed by atoms with Crippen molar-refractivity contribution in [3.05, 3.63) is 0 Å². The van der Waals surface area contributed by atoms with Gasteiger partial charge in [-0.25, -0.2) is 17.5 Å². The number of sulfonamides is 1. The maximum Gasteiger partial charge on any atom is 0.408 e. The molecule has 134 valence electrons. The fourth-order valence-electron chi connectivity index (χ4n) is 2.27. The zero-order chi connectivity index (χ0) is 17.8. The summed E-state index contributed by atoms with van der Waals surface area (Å²) in [6.07, 6.45) is 1.08. The molecule has 8 nitrogen and oxygen atoms in total. The van der Waals surface area contributed by atoms with Crippen LogP contribution < -0.4 is 5.32 Å². The van der Waals surface area contributed by atoms with Gasteiger partial charge in [-0.1, -0.05) is 0 Å². The van der Waals surface area contributed by atoms with Crippen LogP contribution in [0.4, 0.5) is 4.79 Å². The average molecular weight is 349 g/mol. The summed E-state index contributed by atoms with van der Waals surface area (Å²) in [5.74, 6) is -0.244. The molecule has 0 aromatic rings. The number of alkyl carbamates (subject to hydrolysis) is 1. The molecule has 0 aromatic heterocycles. The van der Waals surface area contributed by atoms with E-state index in [0.717, 1.165) is 6.26 Å². The molecule has 1 aliphatic rings. The third-order valence-corrected chi connectivity index (χ3v) is 4.64. The second kappa shape index (κ2) is 7.48. The molecule has 0 bridgehead atoms. The molecule has 1 N–H and O–H groups in total. The molecule has 0 radical (unpaired) electrons. The van der Waals surface area contributed by atoms with Crippen molar-refractivity contribution < 1.29 is 22.7 Å². The first-order valence-corrected chi connectivity index (χ1v) is 9.48. The molecule has 0 aromatic carbocycles. The lowest BCUT2D eigenvalue weighted by Crippen LogP contribution is -2.49. The third-order valence-electron chi connectivity index (χ3n) is 3.34. The molecule has 1 rings (SSSR count). The van der Waals surface area contributed by atoms with Gasteiger partial charge in [-0.15, -0.1) is 0 Å². The Morgan fingerprint density at radius 1 is 1.13 bits per heavy atom. The van der Waals surface area contributed by atoms with Gasteiger partial charge < -0.3 is 15.0 Å². The van der Waals surface area contributed by atoms with E-state index in [4.69, 9.17) is 4.74 Å². The highest BCUT2D eigenvalue weighted by Crippen LogP contribution is 2.10. The number of hydrogen-bond acceptors (Lipinski definition) is 5. The highest BCUT2D eigenvalue weighted by molar-refractivity contribution is 7.88. The highest BCUT2D eigenvalue weighted by atomic mass is 32.2. The molecule has 0 unspecified atom stereocenters. The molecule has 1 atom stereocenters. The average Bonchev–Trinajstić information content (AvgIpc) is 2.60. The molecule has 0 aliphatic carbocycles. The van der Waals surface area contributed by atoms with Gasteiger partial charge in [-0.3, -0.25) is 4.79 Å². The predicted molar refractivity (Wildman–Crippen MR) is 86.4 cm³/mol. The molecule has 23 heavy (non-hydrogen) atoms. The van der Waals surface area contributed by atoms with E-state index in [2.05, 4.69) is 5.32 Å². The smallest absolute Gasteiger partial charge is 0.408 e. The first-order chi connectivity index (χ1) is 10.4. The zero-order valence-corrected chi connectivity index (χ0v) is 15.3. The lowest BCUT2D eigenvalue weighted by atomic mass is 10.2. The number of hydrogen-bond donors (Lipinski definition) is 1. The molecular formula is C14H27N3O5S. The van der Waals surface area contributed by atoms with E-state index in [1.54, 1.807) is 32.6 Å². The van der Waals surface area contributed by atoms with Gasteiger partial charge in [-0.2, -0.15) is 0 Å². The van der Waals surface area contributed by atoms with Gasteiger partial charge in [-0.05, 0) is 34.1 Å². The van der Waals surface area contributed by atoms with Crippen molar-refractivity contribution in [2.45, 2.75) is 45.8 Å². The first-order valence-electron chi connectivity index (χ1n) is 7.63. The van der Waals surface area contributed by atoms with Crippen LogP contribution in [-0.4, -0.2) is 73.7 Å². The molecule has 2 amide bonds. The minimum absolute atomic E-state index is 0.244. The van der Waals surface area contributed by atoms with Crippen molar-refractivity contribution >= 4 is 22.0 Å². The Balaban J connectivity index is 2.58. The largest absolute Gasteiger partial charge is 0.444 e. The lowest BCUT2D eigenvalue weighted by molar-refractivity contribution is -0.132. The third kappa shape index (κ3) is 6.74. The van der Waals surface area contributed by atoms with Crippen LogP contribution in [0.5, 0.6) is 0 Å². The maximum atomic E-state index is 12.4. The SMILES string of the molecule is C[C@@H](NC(=O)OC(C)(C)C)C(=O)N1CCCN(S(C)(=O)=O)CC1. The van der Waals surface area contributed by atoms with Crippen molar-refractivity contribution in [3.8, 4) is 0 Å². The van der Waals surface area contributed by atoms with Gasteiger partial charge in [0.25, 0.3) is 0 Å². The van der Waals surface area contributed by atoms with Crippen LogP contribution in [-0.2, 0) is 19.6 Å². The standard InChI is InChI=1S/C14H27N3O5S/c1-11(15-13(19)22-14(2,3)4)12(18)16-7-6-8-17(10-9-16)23(5,20)21/h11H,6-10H2,1-5H3,(H,15,19)/t11-/m1/s1. The molecule has 0 saturated carbocycles. The molecule has 1 fully saturated rings. The quantitative estimate of drug-likeness (QED) is 0.795. The molecule has 9 heteroatoms. The lowest BCUT2D eigenvalue weighted by Gasteiger charge is -2.26. The topological polar surface area (TPSA) is 96.0 Å². The van der Waals surface area contributed by atoms with Gasteiger partial charge in [0.15, 0.2) is 0 Å². The Bertz CT molecular complexity index is 541. The number of nitrogens with one attached hydrogen (secondary N) is 1. The number of amides is 2. The fraction of sp³-hybridized carbons (Fsp3) is 0.857. The Morgan fingerprint density at radius 2 is 1.74 bits per heavy atom. The van der Waals surface area contributed by atoms with Crippen LogP contribution in [0.2, 0.25) is 0 Å². The Labute approximate surface area is 138 Å². The van der Waals surface area contributed by atoms with Crippen LogP contribution >= 0.6 is 0 Å². The monoisotopic (exact) mass is 349 g/mol. The number of nitrogens with zero attached hydrogens (tertiary/aromatic N) is 2. The number of carbonyl (C=O) groups is 2. The Morgan fingerprint density at radius 3 is 2.26 bits per heavy atom. The van der Waals surface area contributed by atoms with E-state index >= 15 is 0 Å². The van der Waals surface area contributed by atoms with Crippen LogP contribution in [0.3, 0.4) is 0 Å². The predicted octanol–water partition coefficient (Wildman–Crippen LogP) is 0.394. The Kier molecular flexibility index (Phi) is 6.41. The van der Waals surface area contributed by atoms with Crippen LogP contribution in [0.1, 0.15) is 34.1 Å². The maximum absolute atomic E-state index is 12.4. The summed E-state index contributed by atoms with van der Waals surface area (Å²) in [4.78, 5) is 25.7. The molecule has 0 spiro atoms. The molecule has 1 aliphatic heterocycles. The molecule has 1 heterocycles. The van der Waals surface area contributed by atoms with Crippen molar-refractivity contribution in [2.24, 2.45) is 0 Å². The number of ether oxygens (including phenoxy) is 1. The first kappa shape index (κ1) is 19.7. The summed E-state index contributed by atoms with van der Waals surface area (Å²) in [5, 5.41) is 2.51. The van der Waals surface area contributed by atoms with Gasteiger partial charge in [0, 0.05) is 26.2 Å². The molecular weight excluding hydrogens is 322 g/mol. The summed E-state index contributed by atoms with van der Waals surface area (Å²) in [7, 11) is -3.25. The number of carbonyl (C=O) groups excluding carboxylic acids is 2. The summed E-state index contributed by atoms with van der Waals surface area (Å²) in [5.41, 5.74) is -0.633. The second-order valence-corrected chi connectivity index (χ2v) is 8.69. The van der Waals surface area contributed by atoms with Crippen molar-refractivity contribution in [1.82, 2.24) is 14.5 Å². The van der Waals surface area contributed by atoms with E-state index < -0.39 is 27.8 Å². The van der Waals surface area contributed by atoms with Gasteiger partial charge in [0.1, 0.15) is 11.6 Å². The fourth-order valence-corrected chi connectivity index (χ4v) is 3.14. The van der Waals surface area contributed by atoms with Crippen molar-refractivity contribution in [3.63, 3.8) is 0 Å². The number of rotatable bonds is 3. The molecule has 1 saturated heterocycles. The van der Waals surface area contributed by atoms with E-state index in [9.17, 15) is 18.0 Å². The Hall–Kier alpha value is -1.35. The van der Waals surface area contributed by atoms with E-state index in [-0.39, 0.29) is 12.5 Å². The van der Waals surface area contributed by atoms with Gasteiger partial charge in [0.2, 0.25) is 15.9 Å². The summed E-state index contributed by atoms with van der Waals surface area (Å²) in [6, 6.07) is -0.727. The van der Waals surface area contributed by atoms with Crippen LogP contribution in [0.15, 0.2) is 0 Å². The van der Waals surface area contributed by atoms with Gasteiger partial charge >= 0.3 is 6.09 Å². The van der Waals surface area contributed by atoms with Crippen molar-refractivity contribution in [1.29, 1.82) is 0 Å².